The maximum atomic E-state index is 12.6. The lowest BCUT2D eigenvalue weighted by Gasteiger charge is -2.32. The molecule has 1 aliphatic rings. The maximum Gasteiger partial charge on any atom is 0.227 e. The standard InChI is InChI=1S/C17H22N4O3/c1-11-13(12(2)24-20-11)9-17(22)21-7-8-23-15(10-21)14-5-4-6-16(18-3)19-14/h4-6,15H,7-10H2,1-3H3,(H,18,19). The number of hydrogen-bond donors (Lipinski definition) is 1. The van der Waals surface area contributed by atoms with E-state index in [1.165, 1.54) is 0 Å². The predicted molar refractivity (Wildman–Crippen MR) is 88.7 cm³/mol. The van der Waals surface area contributed by atoms with Gasteiger partial charge < -0.3 is 19.5 Å². The van der Waals surface area contributed by atoms with Crippen LogP contribution in [-0.2, 0) is 16.0 Å². The van der Waals surface area contributed by atoms with E-state index in [1.54, 1.807) is 0 Å². The number of carbonyl (C=O) groups is 1. The Balaban J connectivity index is 1.69. The number of pyridine rings is 1. The number of nitrogens with zero attached hydrogens (tertiary/aromatic N) is 3. The average molecular weight is 330 g/mol. The molecule has 0 spiro atoms. The third-order valence-electron chi connectivity index (χ3n) is 4.29. The zero-order chi connectivity index (χ0) is 17.1. The Kier molecular flexibility index (Phi) is 4.80. The van der Waals surface area contributed by atoms with Crippen LogP contribution >= 0.6 is 0 Å². The summed E-state index contributed by atoms with van der Waals surface area (Å²) in [5.74, 6) is 1.55. The van der Waals surface area contributed by atoms with Crippen LogP contribution in [0.4, 0.5) is 5.82 Å². The van der Waals surface area contributed by atoms with Crippen LogP contribution in [0.3, 0.4) is 0 Å². The molecular weight excluding hydrogens is 308 g/mol. The fourth-order valence-electron chi connectivity index (χ4n) is 2.84. The number of anilines is 1. The first-order valence-electron chi connectivity index (χ1n) is 8.04. The molecule has 1 atom stereocenters. The van der Waals surface area contributed by atoms with Crippen LogP contribution in [0.2, 0.25) is 0 Å². The molecule has 3 heterocycles. The van der Waals surface area contributed by atoms with Crippen LogP contribution in [0.15, 0.2) is 22.7 Å². The van der Waals surface area contributed by atoms with Crippen LogP contribution in [-0.4, -0.2) is 47.7 Å². The van der Waals surface area contributed by atoms with Crippen LogP contribution in [0.1, 0.15) is 28.8 Å². The minimum Gasteiger partial charge on any atom is -0.373 e. The summed E-state index contributed by atoms with van der Waals surface area (Å²) in [5.41, 5.74) is 2.48. The first-order valence-corrected chi connectivity index (χ1v) is 8.04. The Bertz CT molecular complexity index is 709. The van der Waals surface area contributed by atoms with Crippen molar-refractivity contribution in [3.63, 3.8) is 0 Å². The molecule has 1 unspecified atom stereocenters. The van der Waals surface area contributed by atoms with Crippen molar-refractivity contribution in [2.24, 2.45) is 0 Å². The number of morpholine rings is 1. The van der Waals surface area contributed by atoms with Crippen LogP contribution in [0, 0.1) is 13.8 Å². The fraction of sp³-hybridized carbons (Fsp3) is 0.471. The van der Waals surface area contributed by atoms with Gasteiger partial charge in [-0.25, -0.2) is 4.98 Å². The second-order valence-corrected chi connectivity index (χ2v) is 5.88. The molecule has 24 heavy (non-hydrogen) atoms. The molecule has 1 N–H and O–H groups in total. The molecule has 0 saturated carbocycles. The number of rotatable bonds is 4. The summed E-state index contributed by atoms with van der Waals surface area (Å²) in [6, 6.07) is 5.75. The van der Waals surface area contributed by atoms with Crippen molar-refractivity contribution in [3.05, 3.63) is 40.9 Å². The molecule has 3 rings (SSSR count). The minimum absolute atomic E-state index is 0.0578. The van der Waals surface area contributed by atoms with Crippen molar-refractivity contribution in [1.82, 2.24) is 15.0 Å². The van der Waals surface area contributed by atoms with Gasteiger partial charge in [0.1, 0.15) is 17.7 Å². The van der Waals surface area contributed by atoms with Gasteiger partial charge in [-0.2, -0.15) is 0 Å². The van der Waals surface area contributed by atoms with Gasteiger partial charge in [-0.3, -0.25) is 4.79 Å². The maximum absolute atomic E-state index is 12.6. The molecule has 0 aliphatic carbocycles. The normalized spacial score (nSPS) is 17.8. The number of aromatic nitrogens is 2. The summed E-state index contributed by atoms with van der Waals surface area (Å²) < 4.78 is 10.9. The zero-order valence-electron chi connectivity index (χ0n) is 14.2. The molecule has 1 saturated heterocycles. The number of aryl methyl sites for hydroxylation is 2. The van der Waals surface area contributed by atoms with Gasteiger partial charge in [0, 0.05) is 19.2 Å². The van der Waals surface area contributed by atoms with E-state index in [1.807, 2.05) is 44.0 Å². The first kappa shape index (κ1) is 16.4. The Morgan fingerprint density at radius 2 is 2.25 bits per heavy atom. The van der Waals surface area contributed by atoms with Gasteiger partial charge in [0.05, 0.1) is 31.0 Å². The number of amides is 1. The lowest BCUT2D eigenvalue weighted by molar-refractivity contribution is -0.138. The summed E-state index contributed by atoms with van der Waals surface area (Å²) in [5, 5.41) is 6.93. The summed E-state index contributed by atoms with van der Waals surface area (Å²) in [6.45, 7) is 5.28. The van der Waals surface area contributed by atoms with Gasteiger partial charge in [-0.15, -0.1) is 0 Å². The Labute approximate surface area is 141 Å². The minimum atomic E-state index is -0.208. The highest BCUT2D eigenvalue weighted by Crippen LogP contribution is 2.23. The smallest absolute Gasteiger partial charge is 0.227 e. The van der Waals surface area contributed by atoms with Crippen molar-refractivity contribution in [1.29, 1.82) is 0 Å². The van der Waals surface area contributed by atoms with E-state index < -0.39 is 0 Å². The highest BCUT2D eigenvalue weighted by molar-refractivity contribution is 5.79. The SMILES string of the molecule is CNc1cccc(C2CN(C(=O)Cc3c(C)noc3C)CCO2)n1. The third kappa shape index (κ3) is 3.41. The molecule has 2 aromatic rings. The second kappa shape index (κ2) is 7.00. The van der Waals surface area contributed by atoms with Crippen molar-refractivity contribution in [3.8, 4) is 0 Å². The molecule has 7 nitrogen and oxygen atoms in total. The summed E-state index contributed by atoms with van der Waals surface area (Å²) in [7, 11) is 1.83. The van der Waals surface area contributed by atoms with E-state index in [4.69, 9.17) is 9.26 Å². The topological polar surface area (TPSA) is 80.5 Å². The van der Waals surface area contributed by atoms with Crippen molar-refractivity contribution >= 4 is 11.7 Å². The van der Waals surface area contributed by atoms with Gasteiger partial charge in [0.2, 0.25) is 5.91 Å². The molecule has 0 radical (unpaired) electrons. The average Bonchev–Trinajstić information content (AvgIpc) is 2.94. The summed E-state index contributed by atoms with van der Waals surface area (Å²) >= 11 is 0. The van der Waals surface area contributed by atoms with E-state index >= 15 is 0 Å². The number of nitrogens with one attached hydrogen (secondary N) is 1. The van der Waals surface area contributed by atoms with E-state index in [0.717, 1.165) is 22.8 Å². The molecule has 0 bridgehead atoms. The van der Waals surface area contributed by atoms with E-state index in [0.29, 0.717) is 31.9 Å². The quantitative estimate of drug-likeness (QED) is 0.922. The Hall–Kier alpha value is -2.41. The Morgan fingerprint density at radius 3 is 2.96 bits per heavy atom. The molecule has 1 amide bonds. The van der Waals surface area contributed by atoms with Crippen molar-refractivity contribution in [2.75, 3.05) is 32.1 Å². The van der Waals surface area contributed by atoms with Crippen LogP contribution < -0.4 is 5.32 Å². The number of hydrogen-bond acceptors (Lipinski definition) is 6. The zero-order valence-corrected chi connectivity index (χ0v) is 14.2. The number of carbonyl (C=O) groups excluding carboxylic acids is 1. The molecule has 1 aliphatic heterocycles. The van der Waals surface area contributed by atoms with Gasteiger partial charge in [-0.1, -0.05) is 11.2 Å². The van der Waals surface area contributed by atoms with Crippen molar-refractivity contribution < 1.29 is 14.1 Å². The molecule has 2 aromatic heterocycles. The molecule has 128 valence electrons. The fourth-order valence-corrected chi connectivity index (χ4v) is 2.84. The Morgan fingerprint density at radius 1 is 1.42 bits per heavy atom. The second-order valence-electron chi connectivity index (χ2n) is 5.88. The van der Waals surface area contributed by atoms with Gasteiger partial charge in [0.15, 0.2) is 0 Å². The summed E-state index contributed by atoms with van der Waals surface area (Å²) in [6.07, 6.45) is 0.0957. The molecule has 0 aromatic carbocycles. The highest BCUT2D eigenvalue weighted by Gasteiger charge is 2.27. The number of ether oxygens (including phenoxy) is 1. The third-order valence-corrected chi connectivity index (χ3v) is 4.29. The molecule has 7 heteroatoms. The van der Waals surface area contributed by atoms with E-state index in [-0.39, 0.29) is 12.0 Å². The van der Waals surface area contributed by atoms with Crippen LogP contribution in [0.5, 0.6) is 0 Å². The van der Waals surface area contributed by atoms with Gasteiger partial charge in [0.25, 0.3) is 0 Å². The molecular formula is C17H22N4O3. The predicted octanol–water partition coefficient (Wildman–Crippen LogP) is 1.87. The first-order chi connectivity index (χ1) is 11.6. The van der Waals surface area contributed by atoms with Crippen LogP contribution in [0.25, 0.3) is 0 Å². The molecule has 1 fully saturated rings. The summed E-state index contributed by atoms with van der Waals surface area (Å²) in [4.78, 5) is 19.0. The highest BCUT2D eigenvalue weighted by atomic mass is 16.5. The van der Waals surface area contributed by atoms with Gasteiger partial charge in [-0.05, 0) is 26.0 Å². The van der Waals surface area contributed by atoms with E-state index in [2.05, 4.69) is 15.5 Å². The largest absolute Gasteiger partial charge is 0.373 e. The lowest BCUT2D eigenvalue weighted by atomic mass is 10.1. The monoisotopic (exact) mass is 330 g/mol. The van der Waals surface area contributed by atoms with Crippen molar-refractivity contribution in [2.45, 2.75) is 26.4 Å². The van der Waals surface area contributed by atoms with E-state index in [9.17, 15) is 4.79 Å². The van der Waals surface area contributed by atoms with Gasteiger partial charge >= 0.3 is 0 Å². The lowest BCUT2D eigenvalue weighted by Crippen LogP contribution is -2.43.